The van der Waals surface area contributed by atoms with Crippen LogP contribution in [0.15, 0.2) is 48.5 Å². The molecule has 0 aliphatic heterocycles. The average molecular weight is 292 g/mol. The summed E-state index contributed by atoms with van der Waals surface area (Å²) in [5.74, 6) is 0.178. The number of ether oxygens (including phenoxy) is 1. The monoisotopic (exact) mass is 291 g/mol. The van der Waals surface area contributed by atoms with Crippen molar-refractivity contribution >= 4 is 23.1 Å². The molecule has 0 heterocycles. The second kappa shape index (κ2) is 6.16. The Morgan fingerprint density at radius 1 is 1.20 bits per heavy atom. The van der Waals surface area contributed by atoms with Gasteiger partial charge in [-0.3, -0.25) is 14.9 Å². The molecule has 0 aliphatic rings. The van der Waals surface area contributed by atoms with Crippen molar-refractivity contribution in [3.63, 3.8) is 0 Å². The number of hydrogen-bond acceptors (Lipinski definition) is 4. The van der Waals surface area contributed by atoms with Crippen LogP contribution in [-0.2, 0) is 0 Å². The average Bonchev–Trinajstić information content (AvgIpc) is 2.45. The second-order valence-electron chi connectivity index (χ2n) is 3.97. The van der Waals surface area contributed by atoms with Crippen molar-refractivity contribution in [2.45, 2.75) is 0 Å². The van der Waals surface area contributed by atoms with Gasteiger partial charge in [0.1, 0.15) is 5.75 Å². The van der Waals surface area contributed by atoms with Crippen molar-refractivity contribution in [3.05, 3.63) is 69.2 Å². The lowest BCUT2D eigenvalue weighted by atomic mass is 10.1. The summed E-state index contributed by atoms with van der Waals surface area (Å²) in [6.45, 7) is -0.155. The molecule has 0 N–H and O–H groups in total. The molecule has 0 saturated carbocycles. The molecule has 0 unspecified atom stereocenters. The predicted molar refractivity (Wildman–Crippen MR) is 74.4 cm³/mol. The first kappa shape index (κ1) is 14.0. The number of carbonyl (C=O) groups is 1. The molecule has 20 heavy (non-hydrogen) atoms. The van der Waals surface area contributed by atoms with Crippen LogP contribution in [0.4, 0.5) is 5.69 Å². The molecule has 2 aromatic rings. The van der Waals surface area contributed by atoms with E-state index in [0.29, 0.717) is 16.3 Å². The fraction of sp³-hybridized carbons (Fsp3) is 0.0714. The molecule has 5 nitrogen and oxygen atoms in total. The molecule has 0 saturated heterocycles. The highest BCUT2D eigenvalue weighted by Crippen LogP contribution is 2.18. The highest BCUT2D eigenvalue weighted by atomic mass is 35.5. The number of carbonyl (C=O) groups excluding carboxylic acids is 1. The summed E-state index contributed by atoms with van der Waals surface area (Å²) in [6, 6.07) is 12.1. The maximum absolute atomic E-state index is 11.9. The Morgan fingerprint density at radius 3 is 2.50 bits per heavy atom. The molecular weight excluding hydrogens is 282 g/mol. The Balaban J connectivity index is 1.98. The van der Waals surface area contributed by atoms with Gasteiger partial charge in [0, 0.05) is 22.7 Å². The first-order valence-electron chi connectivity index (χ1n) is 5.72. The third-order valence-corrected chi connectivity index (χ3v) is 2.80. The number of hydrogen-bond donors (Lipinski definition) is 0. The van der Waals surface area contributed by atoms with Crippen molar-refractivity contribution in [2.24, 2.45) is 0 Å². The lowest BCUT2D eigenvalue weighted by molar-refractivity contribution is -0.384. The molecule has 102 valence electrons. The van der Waals surface area contributed by atoms with Crippen molar-refractivity contribution in [1.82, 2.24) is 0 Å². The lowest BCUT2D eigenvalue weighted by Gasteiger charge is -2.05. The first-order chi connectivity index (χ1) is 9.56. The Morgan fingerprint density at radius 2 is 1.90 bits per heavy atom. The van der Waals surface area contributed by atoms with Crippen molar-refractivity contribution in [3.8, 4) is 5.75 Å². The van der Waals surface area contributed by atoms with Gasteiger partial charge in [-0.25, -0.2) is 0 Å². The molecule has 0 fully saturated rings. The molecule has 6 heteroatoms. The Labute approximate surface area is 119 Å². The molecule has 2 rings (SSSR count). The molecular formula is C14H10ClNO4. The van der Waals surface area contributed by atoms with Crippen LogP contribution in [-0.4, -0.2) is 17.3 Å². The molecule has 0 spiro atoms. The fourth-order valence-electron chi connectivity index (χ4n) is 1.56. The zero-order valence-corrected chi connectivity index (χ0v) is 11.0. The molecule has 0 radical (unpaired) electrons. The standard InChI is InChI=1S/C14H10ClNO4/c15-11-3-1-2-10(8-11)14(17)9-20-13-6-4-12(5-7-13)16(18)19/h1-8H,9H2. The van der Waals surface area contributed by atoms with Gasteiger partial charge in [-0.1, -0.05) is 23.7 Å². The van der Waals surface area contributed by atoms with Gasteiger partial charge in [-0.2, -0.15) is 0 Å². The number of halogens is 1. The van der Waals surface area contributed by atoms with Crippen LogP contribution in [0.1, 0.15) is 10.4 Å². The summed E-state index contributed by atoms with van der Waals surface area (Å²) in [5, 5.41) is 11.0. The molecule has 0 aliphatic carbocycles. The van der Waals surface area contributed by atoms with Gasteiger partial charge in [0.25, 0.3) is 5.69 Å². The van der Waals surface area contributed by atoms with E-state index in [1.165, 1.54) is 24.3 Å². The smallest absolute Gasteiger partial charge is 0.269 e. The van der Waals surface area contributed by atoms with Crippen LogP contribution in [0.3, 0.4) is 0 Å². The zero-order chi connectivity index (χ0) is 14.5. The summed E-state index contributed by atoms with van der Waals surface area (Å²) in [5.41, 5.74) is 0.429. The van der Waals surface area contributed by atoms with E-state index in [4.69, 9.17) is 16.3 Å². The van der Waals surface area contributed by atoms with E-state index in [1.807, 2.05) is 0 Å². The predicted octanol–water partition coefficient (Wildman–Crippen LogP) is 3.51. The molecule has 0 amide bonds. The first-order valence-corrected chi connectivity index (χ1v) is 6.10. The number of rotatable bonds is 5. The third-order valence-electron chi connectivity index (χ3n) is 2.56. The van der Waals surface area contributed by atoms with Gasteiger partial charge in [0.2, 0.25) is 0 Å². The van der Waals surface area contributed by atoms with Crippen LogP contribution in [0.5, 0.6) is 5.75 Å². The largest absolute Gasteiger partial charge is 0.485 e. The lowest BCUT2D eigenvalue weighted by Crippen LogP contribution is -2.11. The number of benzene rings is 2. The van der Waals surface area contributed by atoms with E-state index in [-0.39, 0.29) is 18.1 Å². The number of ketones is 1. The van der Waals surface area contributed by atoms with Gasteiger partial charge in [0.05, 0.1) is 4.92 Å². The minimum absolute atomic E-state index is 0.0292. The van der Waals surface area contributed by atoms with Crippen LogP contribution in [0.2, 0.25) is 5.02 Å². The van der Waals surface area contributed by atoms with Crippen LogP contribution in [0.25, 0.3) is 0 Å². The molecule has 0 bridgehead atoms. The maximum atomic E-state index is 11.9. The molecule has 2 aromatic carbocycles. The molecule has 0 atom stereocenters. The van der Waals surface area contributed by atoms with Gasteiger partial charge in [0.15, 0.2) is 12.4 Å². The van der Waals surface area contributed by atoms with E-state index in [9.17, 15) is 14.9 Å². The van der Waals surface area contributed by atoms with Crippen molar-refractivity contribution < 1.29 is 14.5 Å². The minimum Gasteiger partial charge on any atom is -0.485 e. The zero-order valence-electron chi connectivity index (χ0n) is 10.3. The fourth-order valence-corrected chi connectivity index (χ4v) is 1.75. The van der Waals surface area contributed by atoms with E-state index >= 15 is 0 Å². The molecule has 0 aromatic heterocycles. The van der Waals surface area contributed by atoms with E-state index in [2.05, 4.69) is 0 Å². The highest BCUT2D eigenvalue weighted by molar-refractivity contribution is 6.31. The number of nitrogens with zero attached hydrogens (tertiary/aromatic N) is 1. The Hall–Kier alpha value is -2.40. The van der Waals surface area contributed by atoms with E-state index < -0.39 is 4.92 Å². The summed E-state index contributed by atoms with van der Waals surface area (Å²) in [7, 11) is 0. The minimum atomic E-state index is -0.499. The number of nitro groups is 1. The third kappa shape index (κ3) is 3.55. The van der Waals surface area contributed by atoms with Gasteiger partial charge >= 0.3 is 0 Å². The SMILES string of the molecule is O=C(COc1ccc([N+](=O)[O-])cc1)c1cccc(Cl)c1. The van der Waals surface area contributed by atoms with Crippen LogP contribution >= 0.6 is 11.6 Å². The van der Waals surface area contributed by atoms with Crippen molar-refractivity contribution in [1.29, 1.82) is 0 Å². The van der Waals surface area contributed by atoms with Crippen LogP contribution in [0, 0.1) is 10.1 Å². The number of Topliss-reactive ketones (excluding diaryl/α,β-unsaturated/α-hetero) is 1. The normalized spacial score (nSPS) is 10.1. The van der Waals surface area contributed by atoms with Gasteiger partial charge in [-0.05, 0) is 24.3 Å². The Kier molecular flexibility index (Phi) is 4.32. The van der Waals surface area contributed by atoms with Crippen molar-refractivity contribution in [2.75, 3.05) is 6.61 Å². The van der Waals surface area contributed by atoms with E-state index in [1.54, 1.807) is 24.3 Å². The topological polar surface area (TPSA) is 69.4 Å². The van der Waals surface area contributed by atoms with E-state index in [0.717, 1.165) is 0 Å². The summed E-state index contributed by atoms with van der Waals surface area (Å²) >= 11 is 5.80. The van der Waals surface area contributed by atoms with Gasteiger partial charge < -0.3 is 4.74 Å². The highest BCUT2D eigenvalue weighted by Gasteiger charge is 2.08. The maximum Gasteiger partial charge on any atom is 0.269 e. The van der Waals surface area contributed by atoms with Gasteiger partial charge in [-0.15, -0.1) is 0 Å². The Bertz CT molecular complexity index is 640. The van der Waals surface area contributed by atoms with Crippen LogP contribution < -0.4 is 4.74 Å². The number of non-ortho nitro benzene ring substituents is 1. The number of nitro benzene ring substituents is 1. The summed E-state index contributed by atoms with van der Waals surface area (Å²) < 4.78 is 5.28. The second-order valence-corrected chi connectivity index (χ2v) is 4.41. The quantitative estimate of drug-likeness (QED) is 0.480. The summed E-state index contributed by atoms with van der Waals surface area (Å²) in [6.07, 6.45) is 0. The summed E-state index contributed by atoms with van der Waals surface area (Å²) in [4.78, 5) is 21.8.